The molecule has 0 aliphatic carbocycles. The first-order chi connectivity index (χ1) is 22.0. The van der Waals surface area contributed by atoms with Gasteiger partial charge in [-0.2, -0.15) is 0 Å². The number of carbonyl (C=O) groups is 2. The van der Waals surface area contributed by atoms with E-state index in [0.717, 1.165) is 23.1 Å². The Hall–Kier alpha value is -5.09. The molecule has 1 aliphatic rings. The minimum absolute atomic E-state index is 0.0257. The van der Waals surface area contributed by atoms with Crippen molar-refractivity contribution in [3.8, 4) is 0 Å². The minimum Gasteiger partial charge on any atom is -0.460 e. The van der Waals surface area contributed by atoms with Crippen LogP contribution >= 0.6 is 0 Å². The molecule has 0 spiro atoms. The highest BCUT2D eigenvalue weighted by Crippen LogP contribution is 2.40. The lowest BCUT2D eigenvalue weighted by Gasteiger charge is -2.30. The number of rotatable bonds is 13. The summed E-state index contributed by atoms with van der Waals surface area (Å²) < 4.78 is 16.8. The van der Waals surface area contributed by atoms with E-state index in [1.165, 1.54) is 23.8 Å². The maximum atomic E-state index is 13.5. The number of dihydropyridines is 1. The van der Waals surface area contributed by atoms with Gasteiger partial charge in [0.05, 0.1) is 41.3 Å². The summed E-state index contributed by atoms with van der Waals surface area (Å²) in [6, 6.07) is 18.2. The molecule has 10 nitrogen and oxygen atoms in total. The van der Waals surface area contributed by atoms with E-state index >= 15 is 0 Å². The molecule has 1 atom stereocenters. The number of carbonyl (C=O) groups excluding carboxylic acids is 2. The van der Waals surface area contributed by atoms with Gasteiger partial charge in [0, 0.05) is 35.9 Å². The summed E-state index contributed by atoms with van der Waals surface area (Å²) in [7, 11) is 0. The molecule has 4 rings (SSSR count). The monoisotopic (exact) mass is 625 g/mol. The van der Waals surface area contributed by atoms with Crippen molar-refractivity contribution in [1.82, 2.24) is 10.3 Å². The predicted molar refractivity (Wildman–Crippen MR) is 175 cm³/mol. The van der Waals surface area contributed by atoms with Gasteiger partial charge in [-0.05, 0) is 74.9 Å². The number of nitrogens with zero attached hydrogens (tertiary/aromatic N) is 2. The Labute approximate surface area is 268 Å². The van der Waals surface area contributed by atoms with Crippen LogP contribution in [-0.4, -0.2) is 47.8 Å². The van der Waals surface area contributed by atoms with Gasteiger partial charge in [0.25, 0.3) is 5.69 Å². The summed E-state index contributed by atoms with van der Waals surface area (Å²) >= 11 is 0. The first kappa shape index (κ1) is 33.8. The summed E-state index contributed by atoms with van der Waals surface area (Å²) in [5.74, 6) is -2.21. The van der Waals surface area contributed by atoms with Crippen molar-refractivity contribution in [1.29, 1.82) is 0 Å². The third-order valence-electron chi connectivity index (χ3n) is 7.27. The van der Waals surface area contributed by atoms with Gasteiger partial charge >= 0.3 is 11.9 Å². The smallest absolute Gasteiger partial charge is 0.337 e. The quantitative estimate of drug-likeness (QED) is 0.0988. The van der Waals surface area contributed by atoms with Gasteiger partial charge in [0.2, 0.25) is 0 Å². The number of nitro groups is 1. The molecule has 0 amide bonds. The SMILES string of the molecule is CC1=C(C(=O)OCCOC/C(C)=C/c2ccc(Cc3cccnc3)cc2)C(c2cccc([N+](=O)[O-])c2)C(C(=O)OC(C)C)=C(C)N1. The number of pyridine rings is 1. The highest BCUT2D eigenvalue weighted by Gasteiger charge is 2.38. The zero-order valence-electron chi connectivity index (χ0n) is 26.7. The average molecular weight is 626 g/mol. The number of benzene rings is 2. The Morgan fingerprint density at radius 3 is 2.35 bits per heavy atom. The number of allylic oxidation sites excluding steroid dienone is 2. The average Bonchev–Trinajstić information content (AvgIpc) is 3.01. The molecule has 2 aromatic carbocycles. The fraction of sp³-hybridized carbons (Fsp3) is 0.306. The van der Waals surface area contributed by atoms with E-state index in [-0.39, 0.29) is 30.0 Å². The van der Waals surface area contributed by atoms with E-state index < -0.39 is 28.9 Å². The van der Waals surface area contributed by atoms with Crippen LogP contribution in [0.2, 0.25) is 0 Å². The first-order valence-electron chi connectivity index (χ1n) is 15.1. The summed E-state index contributed by atoms with van der Waals surface area (Å²) in [6.07, 6.45) is 6.08. The lowest BCUT2D eigenvalue weighted by atomic mass is 9.80. The lowest BCUT2D eigenvalue weighted by Crippen LogP contribution is -2.33. The molecule has 2 heterocycles. The van der Waals surface area contributed by atoms with E-state index in [2.05, 4.69) is 40.6 Å². The molecular weight excluding hydrogens is 586 g/mol. The van der Waals surface area contributed by atoms with Gasteiger partial charge < -0.3 is 19.5 Å². The minimum atomic E-state index is -0.929. The Balaban J connectivity index is 1.38. The van der Waals surface area contributed by atoms with E-state index in [1.54, 1.807) is 40.0 Å². The van der Waals surface area contributed by atoms with E-state index in [0.29, 0.717) is 23.6 Å². The van der Waals surface area contributed by atoms with Gasteiger partial charge in [-0.15, -0.1) is 0 Å². The normalized spacial score (nSPS) is 15.1. The van der Waals surface area contributed by atoms with E-state index in [1.807, 2.05) is 25.3 Å². The molecule has 1 unspecified atom stereocenters. The second-order valence-corrected chi connectivity index (χ2v) is 11.4. The molecule has 240 valence electrons. The maximum Gasteiger partial charge on any atom is 0.337 e. The summed E-state index contributed by atoms with van der Waals surface area (Å²) in [4.78, 5) is 41.9. The van der Waals surface area contributed by atoms with Crippen LogP contribution in [-0.2, 0) is 30.2 Å². The molecule has 10 heteroatoms. The molecule has 0 bridgehead atoms. The van der Waals surface area contributed by atoms with Crippen molar-refractivity contribution < 1.29 is 28.7 Å². The zero-order valence-corrected chi connectivity index (χ0v) is 26.7. The second-order valence-electron chi connectivity index (χ2n) is 11.4. The molecule has 0 fully saturated rings. The Morgan fingerprint density at radius 1 is 0.978 bits per heavy atom. The van der Waals surface area contributed by atoms with Crippen LogP contribution in [0.15, 0.2) is 101 Å². The van der Waals surface area contributed by atoms with Crippen LogP contribution in [0.5, 0.6) is 0 Å². The van der Waals surface area contributed by atoms with Crippen LogP contribution in [0.25, 0.3) is 6.08 Å². The summed E-state index contributed by atoms with van der Waals surface area (Å²) in [5.41, 5.74) is 5.98. The number of ether oxygens (including phenoxy) is 3. The van der Waals surface area contributed by atoms with Crippen molar-refractivity contribution in [3.63, 3.8) is 0 Å². The molecule has 0 radical (unpaired) electrons. The van der Waals surface area contributed by atoms with Crippen molar-refractivity contribution in [3.05, 3.63) is 134 Å². The second kappa shape index (κ2) is 15.8. The Kier molecular flexibility index (Phi) is 11.6. The van der Waals surface area contributed by atoms with Gasteiger partial charge in [-0.25, -0.2) is 9.59 Å². The van der Waals surface area contributed by atoms with Crippen molar-refractivity contribution in [2.45, 2.75) is 53.1 Å². The van der Waals surface area contributed by atoms with Gasteiger partial charge in [0.15, 0.2) is 0 Å². The molecule has 3 aromatic rings. The fourth-order valence-corrected chi connectivity index (χ4v) is 5.26. The number of hydrogen-bond donors (Lipinski definition) is 1. The third-order valence-corrected chi connectivity index (χ3v) is 7.27. The zero-order chi connectivity index (χ0) is 33.2. The number of nitrogens with one attached hydrogen (secondary N) is 1. The molecule has 1 aromatic heterocycles. The van der Waals surface area contributed by atoms with Crippen molar-refractivity contribution >= 4 is 23.7 Å². The van der Waals surface area contributed by atoms with Gasteiger partial charge in [-0.1, -0.05) is 48.5 Å². The summed E-state index contributed by atoms with van der Waals surface area (Å²) in [5, 5.41) is 14.6. The van der Waals surface area contributed by atoms with Gasteiger partial charge in [0.1, 0.15) is 6.61 Å². The number of non-ortho nitro benzene ring substituents is 1. The molecule has 0 saturated heterocycles. The highest BCUT2D eigenvalue weighted by molar-refractivity contribution is 6.00. The molecule has 46 heavy (non-hydrogen) atoms. The molecule has 1 N–H and O–H groups in total. The van der Waals surface area contributed by atoms with Crippen LogP contribution in [0, 0.1) is 10.1 Å². The Morgan fingerprint density at radius 2 is 1.70 bits per heavy atom. The molecular formula is C36H39N3O7. The number of hydrogen-bond acceptors (Lipinski definition) is 9. The fourth-order valence-electron chi connectivity index (χ4n) is 5.26. The maximum absolute atomic E-state index is 13.5. The van der Waals surface area contributed by atoms with E-state index in [9.17, 15) is 19.7 Å². The van der Waals surface area contributed by atoms with Crippen molar-refractivity contribution in [2.24, 2.45) is 0 Å². The first-order valence-corrected chi connectivity index (χ1v) is 15.1. The van der Waals surface area contributed by atoms with Crippen molar-refractivity contribution in [2.75, 3.05) is 19.8 Å². The van der Waals surface area contributed by atoms with Crippen LogP contribution in [0.1, 0.15) is 62.8 Å². The molecule has 0 saturated carbocycles. The highest BCUT2D eigenvalue weighted by atomic mass is 16.6. The standard InChI is InChI=1S/C36H39N3O7/c1-23(2)46-36(41)33-26(5)38-25(4)32(34(33)30-9-6-10-31(20-30)39(42)43)35(40)45-17-16-44-22-24(3)18-27-11-13-28(14-12-27)19-29-8-7-15-37-21-29/h6-15,18,20-21,23,34,38H,16-17,19,22H2,1-5H3/b24-18+. The van der Waals surface area contributed by atoms with Crippen LogP contribution < -0.4 is 5.32 Å². The largest absolute Gasteiger partial charge is 0.460 e. The molecule has 1 aliphatic heterocycles. The lowest BCUT2D eigenvalue weighted by molar-refractivity contribution is -0.384. The number of aromatic nitrogens is 1. The van der Waals surface area contributed by atoms with E-state index in [4.69, 9.17) is 14.2 Å². The number of nitro benzene ring substituents is 1. The number of esters is 2. The Bertz CT molecular complexity index is 1660. The van der Waals surface area contributed by atoms with Crippen LogP contribution in [0.3, 0.4) is 0 Å². The van der Waals surface area contributed by atoms with Crippen LogP contribution in [0.4, 0.5) is 5.69 Å². The third kappa shape index (κ3) is 8.98. The summed E-state index contributed by atoms with van der Waals surface area (Å²) in [6.45, 7) is 9.29. The predicted octanol–water partition coefficient (Wildman–Crippen LogP) is 6.43. The van der Waals surface area contributed by atoms with Gasteiger partial charge in [-0.3, -0.25) is 15.1 Å². The topological polar surface area (TPSA) is 130 Å².